The van der Waals surface area contributed by atoms with E-state index >= 15 is 0 Å². The standard InChI is InChI=1S/C31H43NO6.C3H6.C3H4/c1-7-22(2)18-26(32-30(36-6)24(4)12-8-9-17-35-5)21-38-28-16-11-15-27(19-28)37-20-25-14-10-13-23(3)29(25)31(33)34;2*1-3-2/h7-10,12-14,18,22,27-28H,1,11,15-17,19-21H2,2-6H3,(H,33,34);3H,1H2,2H3;1H,2H3/b9-8-,24-12+,26-18+,32-30-;;. The summed E-state index contributed by atoms with van der Waals surface area (Å²) >= 11 is 0. The van der Waals surface area contributed by atoms with E-state index in [1.165, 1.54) is 0 Å². The lowest BCUT2D eigenvalue weighted by Gasteiger charge is -2.29. The molecule has 1 aliphatic carbocycles. The molecule has 3 atom stereocenters. The van der Waals surface area contributed by atoms with Crippen LogP contribution in [0.15, 0.2) is 84.1 Å². The van der Waals surface area contributed by atoms with E-state index in [0.717, 1.165) is 42.5 Å². The highest BCUT2D eigenvalue weighted by Crippen LogP contribution is 2.26. The molecule has 0 amide bonds. The number of terminal acetylenes is 1. The van der Waals surface area contributed by atoms with Crippen LogP contribution in [0.5, 0.6) is 0 Å². The lowest BCUT2D eigenvalue weighted by Crippen LogP contribution is -2.29. The molecule has 1 saturated carbocycles. The summed E-state index contributed by atoms with van der Waals surface area (Å²) in [5, 5.41) is 9.59. The zero-order valence-corrected chi connectivity index (χ0v) is 27.8. The van der Waals surface area contributed by atoms with Crippen LogP contribution in [0.3, 0.4) is 0 Å². The number of nitrogens with zero attached hydrogens (tertiary/aromatic N) is 1. The number of carboxylic acids is 1. The van der Waals surface area contributed by atoms with Gasteiger partial charge in [0.2, 0.25) is 5.90 Å². The SMILES string of the molecule is C#CC.C=CC.C=CC(C)/C=C(COC1CCCC(OCc2cccc(C)c2C(=O)O)C1)/N=C(OC)/C(C)=C/C=C\COC. The molecule has 0 bridgehead atoms. The Labute approximate surface area is 266 Å². The second-order valence-electron chi connectivity index (χ2n) is 10.3. The van der Waals surface area contributed by atoms with Gasteiger partial charge in [-0.2, -0.15) is 0 Å². The second-order valence-corrected chi connectivity index (χ2v) is 10.3. The molecule has 1 aliphatic rings. The molecule has 0 aliphatic heterocycles. The van der Waals surface area contributed by atoms with E-state index in [-0.39, 0.29) is 24.7 Å². The first-order chi connectivity index (χ1) is 21.1. The van der Waals surface area contributed by atoms with E-state index in [1.54, 1.807) is 27.2 Å². The van der Waals surface area contributed by atoms with E-state index in [2.05, 4.69) is 25.5 Å². The molecule has 0 radical (unpaired) electrons. The van der Waals surface area contributed by atoms with E-state index in [0.29, 0.717) is 30.2 Å². The Morgan fingerprint density at radius 1 is 1.23 bits per heavy atom. The molecular weight excluding hydrogens is 554 g/mol. The van der Waals surface area contributed by atoms with Crippen LogP contribution in [0, 0.1) is 25.2 Å². The Bertz CT molecular complexity index is 1170. The van der Waals surface area contributed by atoms with Gasteiger partial charge in [-0.05, 0) is 70.4 Å². The number of aliphatic imine (C=N–C) groups is 1. The van der Waals surface area contributed by atoms with Gasteiger partial charge in [0.25, 0.3) is 0 Å². The molecule has 3 unspecified atom stereocenters. The number of hydrogen-bond acceptors (Lipinski definition) is 6. The maximum absolute atomic E-state index is 11.7. The minimum absolute atomic E-state index is 0.0116. The second kappa shape index (κ2) is 24.7. The van der Waals surface area contributed by atoms with Gasteiger partial charge in [0.1, 0.15) is 0 Å². The Kier molecular flexibility index (Phi) is 22.6. The lowest BCUT2D eigenvalue weighted by atomic mass is 9.94. The van der Waals surface area contributed by atoms with Crippen LogP contribution in [0.25, 0.3) is 0 Å². The van der Waals surface area contributed by atoms with Crippen LogP contribution in [0.4, 0.5) is 0 Å². The van der Waals surface area contributed by atoms with E-state index in [1.807, 2.05) is 76.3 Å². The number of ether oxygens (including phenoxy) is 4. The third kappa shape index (κ3) is 16.8. The molecule has 7 nitrogen and oxygen atoms in total. The summed E-state index contributed by atoms with van der Waals surface area (Å²) < 4.78 is 23.1. The van der Waals surface area contributed by atoms with Crippen LogP contribution >= 0.6 is 0 Å². The van der Waals surface area contributed by atoms with Gasteiger partial charge in [-0.15, -0.1) is 25.5 Å². The average Bonchev–Trinajstić information content (AvgIpc) is 3.00. The zero-order valence-electron chi connectivity index (χ0n) is 27.8. The normalized spacial score (nSPS) is 17.7. The largest absolute Gasteiger partial charge is 0.481 e. The molecule has 0 saturated heterocycles. The molecule has 242 valence electrons. The van der Waals surface area contributed by atoms with Crippen molar-refractivity contribution in [2.45, 2.75) is 79.1 Å². The van der Waals surface area contributed by atoms with Gasteiger partial charge in [-0.25, -0.2) is 9.79 Å². The highest BCUT2D eigenvalue weighted by molar-refractivity contribution is 5.93. The van der Waals surface area contributed by atoms with Gasteiger partial charge in [-0.3, -0.25) is 0 Å². The van der Waals surface area contributed by atoms with Crippen molar-refractivity contribution >= 4 is 11.9 Å². The summed E-state index contributed by atoms with van der Waals surface area (Å²) in [6.45, 7) is 17.7. The van der Waals surface area contributed by atoms with E-state index in [4.69, 9.17) is 23.9 Å². The number of benzene rings is 1. The van der Waals surface area contributed by atoms with Crippen LogP contribution < -0.4 is 0 Å². The Morgan fingerprint density at radius 3 is 2.43 bits per heavy atom. The summed E-state index contributed by atoms with van der Waals surface area (Å²) in [5.74, 6) is 1.98. The summed E-state index contributed by atoms with van der Waals surface area (Å²) in [6.07, 6.45) is 19.7. The molecule has 1 aromatic rings. The van der Waals surface area contributed by atoms with Crippen LogP contribution in [-0.2, 0) is 25.6 Å². The summed E-state index contributed by atoms with van der Waals surface area (Å²) in [7, 11) is 3.26. The molecule has 0 spiro atoms. The fraction of sp³-hybridized carbons (Fsp3) is 0.459. The number of aromatic carboxylic acids is 1. The van der Waals surface area contributed by atoms with Crippen molar-refractivity contribution in [3.05, 3.63) is 95.8 Å². The number of aryl methyl sites for hydroxylation is 1. The van der Waals surface area contributed by atoms with Crippen molar-refractivity contribution in [1.29, 1.82) is 0 Å². The number of allylic oxidation sites excluding steroid dienone is 5. The molecule has 1 fully saturated rings. The zero-order chi connectivity index (χ0) is 33.3. The summed E-state index contributed by atoms with van der Waals surface area (Å²) in [5.41, 5.74) is 3.43. The molecule has 44 heavy (non-hydrogen) atoms. The maximum atomic E-state index is 11.7. The first-order valence-electron chi connectivity index (χ1n) is 14.9. The van der Waals surface area contributed by atoms with Crippen molar-refractivity contribution < 1.29 is 28.8 Å². The Hall–Kier alpha value is -3.70. The van der Waals surface area contributed by atoms with Crippen LogP contribution in [0.1, 0.15) is 74.9 Å². The Morgan fingerprint density at radius 2 is 1.86 bits per heavy atom. The van der Waals surface area contributed by atoms with Crippen LogP contribution in [0.2, 0.25) is 0 Å². The fourth-order valence-corrected chi connectivity index (χ4v) is 4.32. The molecule has 1 N–H and O–H groups in total. The highest BCUT2D eigenvalue weighted by atomic mass is 16.5. The molecular formula is C37H53NO6. The van der Waals surface area contributed by atoms with Gasteiger partial charge in [-0.1, -0.05) is 61.6 Å². The molecule has 0 heterocycles. The first-order valence-corrected chi connectivity index (χ1v) is 14.9. The van der Waals surface area contributed by atoms with Gasteiger partial charge in [0.05, 0.1) is 50.4 Å². The number of rotatable bonds is 14. The first kappa shape index (κ1) is 40.3. The Balaban J connectivity index is 0.00000284. The van der Waals surface area contributed by atoms with E-state index in [9.17, 15) is 9.90 Å². The third-order valence-electron chi connectivity index (χ3n) is 6.44. The topological polar surface area (TPSA) is 86.6 Å². The van der Waals surface area contributed by atoms with Crippen molar-refractivity contribution in [3.63, 3.8) is 0 Å². The van der Waals surface area contributed by atoms with Gasteiger partial charge >= 0.3 is 5.97 Å². The number of carboxylic acid groups (broad SMARTS) is 1. The highest BCUT2D eigenvalue weighted by Gasteiger charge is 2.24. The van der Waals surface area contributed by atoms with Gasteiger partial charge in [0, 0.05) is 12.7 Å². The van der Waals surface area contributed by atoms with Crippen LogP contribution in [-0.4, -0.2) is 56.6 Å². The monoisotopic (exact) mass is 607 g/mol. The predicted molar refractivity (Wildman–Crippen MR) is 182 cm³/mol. The van der Waals surface area contributed by atoms with Crippen molar-refractivity contribution in [1.82, 2.24) is 0 Å². The quantitative estimate of drug-likeness (QED) is 0.0753. The molecule has 2 rings (SSSR count). The number of hydrogen-bond donors (Lipinski definition) is 1. The van der Waals surface area contributed by atoms with Gasteiger partial charge < -0.3 is 24.1 Å². The third-order valence-corrected chi connectivity index (χ3v) is 6.44. The van der Waals surface area contributed by atoms with E-state index < -0.39 is 5.97 Å². The van der Waals surface area contributed by atoms with Crippen molar-refractivity contribution in [2.75, 3.05) is 27.4 Å². The molecule has 1 aromatic carbocycles. The minimum Gasteiger partial charge on any atom is -0.481 e. The summed E-state index contributed by atoms with van der Waals surface area (Å²) in [4.78, 5) is 16.5. The minimum atomic E-state index is -0.924. The summed E-state index contributed by atoms with van der Waals surface area (Å²) in [6, 6.07) is 5.50. The lowest BCUT2D eigenvalue weighted by molar-refractivity contribution is -0.0456. The van der Waals surface area contributed by atoms with Crippen molar-refractivity contribution in [3.8, 4) is 12.3 Å². The smallest absolute Gasteiger partial charge is 0.336 e. The number of carbonyl (C=O) groups is 1. The maximum Gasteiger partial charge on any atom is 0.336 e. The molecule has 7 heteroatoms. The molecule has 0 aromatic heterocycles. The fourth-order valence-electron chi connectivity index (χ4n) is 4.32. The van der Waals surface area contributed by atoms with Crippen molar-refractivity contribution in [2.24, 2.45) is 10.9 Å². The van der Waals surface area contributed by atoms with Gasteiger partial charge in [0.15, 0.2) is 0 Å². The average molecular weight is 608 g/mol. The number of methoxy groups -OCH3 is 2. The predicted octanol–water partition coefficient (Wildman–Crippen LogP) is 8.27.